The van der Waals surface area contributed by atoms with Crippen LogP contribution in [0.15, 0.2) is 30.3 Å². The number of carbonyl (C=O) groups excluding carboxylic acids is 2. The molecule has 0 spiro atoms. The van der Waals surface area contributed by atoms with Crippen molar-refractivity contribution < 1.29 is 14.3 Å². The number of rotatable bonds is 2. The summed E-state index contributed by atoms with van der Waals surface area (Å²) in [5.74, 6) is 0.0815. The van der Waals surface area contributed by atoms with Gasteiger partial charge >= 0.3 is 0 Å². The van der Waals surface area contributed by atoms with E-state index in [-0.39, 0.29) is 18.4 Å². The quantitative estimate of drug-likeness (QED) is 0.896. The van der Waals surface area contributed by atoms with Crippen LogP contribution in [0.2, 0.25) is 0 Å². The summed E-state index contributed by atoms with van der Waals surface area (Å²) >= 11 is 0. The zero-order chi connectivity index (χ0) is 17.4. The highest BCUT2D eigenvalue weighted by atomic mass is 16.5. The van der Waals surface area contributed by atoms with Crippen molar-refractivity contribution in [3.05, 3.63) is 41.7 Å². The van der Waals surface area contributed by atoms with E-state index in [2.05, 4.69) is 10.4 Å². The highest BCUT2D eigenvalue weighted by Crippen LogP contribution is 2.29. The van der Waals surface area contributed by atoms with Crippen LogP contribution in [-0.2, 0) is 17.8 Å². The van der Waals surface area contributed by atoms with Crippen molar-refractivity contribution in [2.24, 2.45) is 0 Å². The lowest BCUT2D eigenvalue weighted by molar-refractivity contribution is -0.120. The maximum Gasteiger partial charge on any atom is 0.272 e. The number of fused-ring (bicyclic) bond motifs is 2. The van der Waals surface area contributed by atoms with Gasteiger partial charge in [0.15, 0.2) is 0 Å². The van der Waals surface area contributed by atoms with Gasteiger partial charge in [-0.15, -0.1) is 0 Å². The van der Waals surface area contributed by atoms with Gasteiger partial charge in [-0.25, -0.2) is 0 Å². The van der Waals surface area contributed by atoms with Crippen LogP contribution < -0.4 is 15.0 Å². The van der Waals surface area contributed by atoms with E-state index in [0.29, 0.717) is 17.1 Å². The molecule has 2 aromatic rings. The van der Waals surface area contributed by atoms with E-state index in [0.717, 1.165) is 31.5 Å². The van der Waals surface area contributed by atoms with E-state index in [4.69, 9.17) is 4.74 Å². The summed E-state index contributed by atoms with van der Waals surface area (Å²) in [4.78, 5) is 26.7. The van der Waals surface area contributed by atoms with Crippen molar-refractivity contribution in [1.29, 1.82) is 0 Å². The average molecular weight is 340 g/mol. The monoisotopic (exact) mass is 340 g/mol. The molecule has 0 aliphatic carbocycles. The molecule has 7 heteroatoms. The second-order valence-corrected chi connectivity index (χ2v) is 6.40. The molecule has 2 amide bonds. The summed E-state index contributed by atoms with van der Waals surface area (Å²) in [5, 5.41) is 7.13. The van der Waals surface area contributed by atoms with Crippen LogP contribution in [-0.4, -0.2) is 41.3 Å². The number of aryl methyl sites for hydroxylation is 2. The highest BCUT2D eigenvalue weighted by molar-refractivity contribution is 6.02. The average Bonchev–Trinajstić information content (AvgIpc) is 3.04. The number of amides is 2. The molecule has 1 N–H and O–H groups in total. The number of ether oxygens (including phenoxy) is 1. The molecule has 1 atom stereocenters. The Morgan fingerprint density at radius 2 is 2.16 bits per heavy atom. The van der Waals surface area contributed by atoms with E-state index < -0.39 is 6.04 Å². The normalized spacial score (nSPS) is 19.5. The Kier molecular flexibility index (Phi) is 3.91. The second kappa shape index (κ2) is 6.23. The van der Waals surface area contributed by atoms with Gasteiger partial charge in [0.25, 0.3) is 11.8 Å². The van der Waals surface area contributed by atoms with E-state index in [1.54, 1.807) is 7.05 Å². The zero-order valence-corrected chi connectivity index (χ0v) is 14.1. The fourth-order valence-corrected chi connectivity index (χ4v) is 3.32. The van der Waals surface area contributed by atoms with E-state index in [9.17, 15) is 9.59 Å². The molecular formula is C18H20N4O3. The summed E-state index contributed by atoms with van der Waals surface area (Å²) in [6, 6.07) is 8.40. The SMILES string of the molecule is CN1C(=O)[C@@H](NC(=O)c2cc3n(n2)CCCC3)COc2ccccc21. The van der Waals surface area contributed by atoms with Crippen LogP contribution in [0.4, 0.5) is 5.69 Å². The third-order valence-electron chi connectivity index (χ3n) is 4.71. The first-order valence-electron chi connectivity index (χ1n) is 8.50. The molecule has 25 heavy (non-hydrogen) atoms. The van der Waals surface area contributed by atoms with E-state index >= 15 is 0 Å². The fraction of sp³-hybridized carbons (Fsp3) is 0.389. The number of nitrogens with zero attached hydrogens (tertiary/aromatic N) is 3. The lowest BCUT2D eigenvalue weighted by atomic mass is 10.1. The zero-order valence-electron chi connectivity index (χ0n) is 14.1. The Balaban J connectivity index is 1.52. The number of aromatic nitrogens is 2. The Morgan fingerprint density at radius 3 is 3.00 bits per heavy atom. The summed E-state index contributed by atoms with van der Waals surface area (Å²) < 4.78 is 7.60. The molecule has 0 unspecified atom stereocenters. The number of hydrogen-bond acceptors (Lipinski definition) is 4. The maximum atomic E-state index is 12.7. The van der Waals surface area contributed by atoms with Gasteiger partial charge in [0.2, 0.25) is 0 Å². The van der Waals surface area contributed by atoms with Gasteiger partial charge in [-0.3, -0.25) is 14.3 Å². The smallest absolute Gasteiger partial charge is 0.272 e. The number of carbonyl (C=O) groups is 2. The molecule has 1 aromatic heterocycles. The minimum atomic E-state index is -0.747. The van der Waals surface area contributed by atoms with Crippen LogP contribution in [0.5, 0.6) is 5.75 Å². The van der Waals surface area contributed by atoms with Gasteiger partial charge in [-0.2, -0.15) is 5.10 Å². The van der Waals surface area contributed by atoms with Crippen molar-refractivity contribution in [3.63, 3.8) is 0 Å². The predicted octanol–water partition coefficient (Wildman–Crippen LogP) is 1.37. The summed E-state index contributed by atoms with van der Waals surface area (Å²) in [6.45, 7) is 0.936. The van der Waals surface area contributed by atoms with Crippen molar-refractivity contribution in [1.82, 2.24) is 15.1 Å². The second-order valence-electron chi connectivity index (χ2n) is 6.40. The summed E-state index contributed by atoms with van der Waals surface area (Å²) in [7, 11) is 1.68. The molecule has 0 saturated carbocycles. The fourth-order valence-electron chi connectivity index (χ4n) is 3.32. The van der Waals surface area contributed by atoms with Gasteiger partial charge in [-0.1, -0.05) is 12.1 Å². The minimum Gasteiger partial charge on any atom is -0.489 e. The minimum absolute atomic E-state index is 0.0967. The molecule has 1 aromatic carbocycles. The third-order valence-corrected chi connectivity index (χ3v) is 4.71. The molecular weight excluding hydrogens is 320 g/mol. The molecule has 7 nitrogen and oxygen atoms in total. The first kappa shape index (κ1) is 15.7. The Hall–Kier alpha value is -2.83. The maximum absolute atomic E-state index is 12.7. The molecule has 4 rings (SSSR count). The van der Waals surface area contributed by atoms with Gasteiger partial charge in [0.1, 0.15) is 24.1 Å². The van der Waals surface area contributed by atoms with Gasteiger partial charge < -0.3 is 15.0 Å². The summed E-state index contributed by atoms with van der Waals surface area (Å²) in [5.41, 5.74) is 2.13. The van der Waals surface area contributed by atoms with Crippen LogP contribution in [0.25, 0.3) is 0 Å². The predicted molar refractivity (Wildman–Crippen MR) is 91.8 cm³/mol. The van der Waals surface area contributed by atoms with Crippen molar-refractivity contribution in [2.75, 3.05) is 18.6 Å². The van der Waals surface area contributed by atoms with Crippen molar-refractivity contribution in [2.45, 2.75) is 31.8 Å². The summed E-state index contributed by atoms with van der Waals surface area (Å²) in [6.07, 6.45) is 3.13. The Morgan fingerprint density at radius 1 is 1.32 bits per heavy atom. The molecule has 3 heterocycles. The molecule has 0 saturated heterocycles. The largest absolute Gasteiger partial charge is 0.489 e. The number of para-hydroxylation sites is 2. The Labute approximate surface area is 145 Å². The number of anilines is 1. The number of likely N-dealkylation sites (N-methyl/N-ethyl adjacent to an activating group) is 1. The molecule has 0 fully saturated rings. The Bertz CT molecular complexity index is 806. The third kappa shape index (κ3) is 2.86. The molecule has 2 aliphatic rings. The molecule has 0 radical (unpaired) electrons. The van der Waals surface area contributed by atoms with E-state index in [1.165, 1.54) is 4.90 Å². The number of nitrogens with one attached hydrogen (secondary N) is 1. The van der Waals surface area contributed by atoms with Gasteiger partial charge in [0.05, 0.1) is 5.69 Å². The van der Waals surface area contributed by atoms with E-state index in [1.807, 2.05) is 35.0 Å². The van der Waals surface area contributed by atoms with Crippen LogP contribution in [0, 0.1) is 0 Å². The lowest BCUT2D eigenvalue weighted by Gasteiger charge is -2.20. The number of benzene rings is 1. The molecule has 2 aliphatic heterocycles. The van der Waals surface area contributed by atoms with Crippen molar-refractivity contribution in [3.8, 4) is 5.75 Å². The topological polar surface area (TPSA) is 76.5 Å². The van der Waals surface area contributed by atoms with Crippen LogP contribution in [0.1, 0.15) is 29.0 Å². The molecule has 130 valence electrons. The van der Waals surface area contributed by atoms with Crippen LogP contribution >= 0.6 is 0 Å². The standard InChI is InChI=1S/C18H20N4O3/c1-21-15-7-2-3-8-16(15)25-11-14(18(21)24)19-17(23)13-10-12-6-4-5-9-22(12)20-13/h2-3,7-8,10,14H,4-6,9,11H2,1H3,(H,19,23)/t14-/m0/s1. The first-order chi connectivity index (χ1) is 12.1. The van der Waals surface area contributed by atoms with Gasteiger partial charge in [-0.05, 0) is 37.5 Å². The highest BCUT2D eigenvalue weighted by Gasteiger charge is 2.31. The molecule has 0 bridgehead atoms. The van der Waals surface area contributed by atoms with Crippen molar-refractivity contribution >= 4 is 17.5 Å². The van der Waals surface area contributed by atoms with Crippen LogP contribution in [0.3, 0.4) is 0 Å². The number of hydrogen-bond donors (Lipinski definition) is 1. The lowest BCUT2D eigenvalue weighted by Crippen LogP contribution is -2.49. The van der Waals surface area contributed by atoms with Gasteiger partial charge in [0, 0.05) is 19.3 Å². The first-order valence-corrected chi connectivity index (χ1v) is 8.50.